The van der Waals surface area contributed by atoms with E-state index in [1.807, 2.05) is 42.5 Å². The molecule has 0 aliphatic carbocycles. The topological polar surface area (TPSA) is 53.7 Å². The van der Waals surface area contributed by atoms with Gasteiger partial charge in [0.15, 0.2) is 11.5 Å². The fourth-order valence-electron chi connectivity index (χ4n) is 2.33. The molecule has 2 aromatic rings. The van der Waals surface area contributed by atoms with E-state index in [1.54, 1.807) is 20.3 Å². The van der Waals surface area contributed by atoms with Gasteiger partial charge in [-0.15, -0.1) is 6.58 Å². The van der Waals surface area contributed by atoms with E-state index in [2.05, 4.69) is 6.58 Å². The largest absolute Gasteiger partial charge is 0.493 e. The lowest BCUT2D eigenvalue weighted by atomic mass is 10.0. The number of methoxy groups -OCH3 is 2. The monoisotopic (exact) mass is 313 g/mol. The van der Waals surface area contributed by atoms with E-state index in [0.29, 0.717) is 30.3 Å². The lowest BCUT2D eigenvalue weighted by molar-refractivity contribution is 0.295. The van der Waals surface area contributed by atoms with Gasteiger partial charge in [0, 0.05) is 17.7 Å². The predicted molar refractivity (Wildman–Crippen MR) is 92.1 cm³/mol. The molecule has 0 bridgehead atoms. The normalized spacial score (nSPS) is 11.6. The Kier molecular flexibility index (Phi) is 6.06. The van der Waals surface area contributed by atoms with Crippen molar-refractivity contribution in [2.24, 2.45) is 5.73 Å². The molecule has 2 rings (SSSR count). The van der Waals surface area contributed by atoms with Crippen LogP contribution in [0.5, 0.6) is 17.2 Å². The molecule has 0 saturated carbocycles. The van der Waals surface area contributed by atoms with Crippen molar-refractivity contribution in [3.05, 3.63) is 66.2 Å². The summed E-state index contributed by atoms with van der Waals surface area (Å²) in [5.41, 5.74) is 8.20. The minimum Gasteiger partial charge on any atom is -0.493 e. The Balaban J connectivity index is 2.32. The van der Waals surface area contributed by atoms with Crippen molar-refractivity contribution in [2.75, 3.05) is 14.2 Å². The van der Waals surface area contributed by atoms with Crippen molar-refractivity contribution in [1.29, 1.82) is 0 Å². The minimum absolute atomic E-state index is 0.210. The molecule has 23 heavy (non-hydrogen) atoms. The third kappa shape index (κ3) is 4.27. The molecule has 0 amide bonds. The van der Waals surface area contributed by atoms with Crippen molar-refractivity contribution < 1.29 is 14.2 Å². The summed E-state index contributed by atoms with van der Waals surface area (Å²) >= 11 is 0. The summed E-state index contributed by atoms with van der Waals surface area (Å²) in [5, 5.41) is 0. The first-order valence-corrected chi connectivity index (χ1v) is 7.48. The van der Waals surface area contributed by atoms with Crippen molar-refractivity contribution in [3.63, 3.8) is 0 Å². The maximum atomic E-state index is 6.24. The van der Waals surface area contributed by atoms with E-state index < -0.39 is 0 Å². The van der Waals surface area contributed by atoms with Gasteiger partial charge in [-0.3, -0.25) is 0 Å². The summed E-state index contributed by atoms with van der Waals surface area (Å²) < 4.78 is 16.7. The van der Waals surface area contributed by atoms with Crippen molar-refractivity contribution >= 4 is 0 Å². The Morgan fingerprint density at radius 3 is 2.30 bits per heavy atom. The third-order valence-electron chi connectivity index (χ3n) is 3.57. The number of hydrogen-bond acceptors (Lipinski definition) is 4. The SMILES string of the molecule is C=CC[C@H](N)c1cc(OC)c(OC)cc1OCc1ccccc1. The Labute approximate surface area is 137 Å². The number of ether oxygens (including phenoxy) is 3. The highest BCUT2D eigenvalue weighted by Crippen LogP contribution is 2.38. The number of hydrogen-bond donors (Lipinski definition) is 1. The maximum absolute atomic E-state index is 6.24. The zero-order chi connectivity index (χ0) is 16.7. The Hall–Kier alpha value is -2.46. The van der Waals surface area contributed by atoms with Gasteiger partial charge < -0.3 is 19.9 Å². The predicted octanol–water partition coefficient (Wildman–Crippen LogP) is 3.86. The molecule has 122 valence electrons. The quantitative estimate of drug-likeness (QED) is 0.752. The van der Waals surface area contributed by atoms with Gasteiger partial charge in [0.2, 0.25) is 0 Å². The summed E-state index contributed by atoms with van der Waals surface area (Å²) in [5.74, 6) is 1.94. The summed E-state index contributed by atoms with van der Waals surface area (Å²) in [7, 11) is 3.20. The lowest BCUT2D eigenvalue weighted by Crippen LogP contribution is -2.12. The van der Waals surface area contributed by atoms with Crippen LogP contribution in [0.2, 0.25) is 0 Å². The average molecular weight is 313 g/mol. The van der Waals surface area contributed by atoms with Gasteiger partial charge in [0.1, 0.15) is 12.4 Å². The van der Waals surface area contributed by atoms with Crippen LogP contribution in [0.1, 0.15) is 23.6 Å². The molecule has 0 aliphatic heterocycles. The first-order chi connectivity index (χ1) is 11.2. The van der Waals surface area contributed by atoms with Crippen LogP contribution in [0.4, 0.5) is 0 Å². The minimum atomic E-state index is -0.210. The van der Waals surface area contributed by atoms with E-state index in [9.17, 15) is 0 Å². The van der Waals surface area contributed by atoms with Crippen molar-refractivity contribution in [3.8, 4) is 17.2 Å². The maximum Gasteiger partial charge on any atom is 0.164 e. The van der Waals surface area contributed by atoms with Crippen LogP contribution in [-0.2, 0) is 6.61 Å². The average Bonchev–Trinajstić information content (AvgIpc) is 2.60. The van der Waals surface area contributed by atoms with E-state index in [1.165, 1.54) is 0 Å². The zero-order valence-electron chi connectivity index (χ0n) is 13.6. The zero-order valence-corrected chi connectivity index (χ0v) is 13.6. The van der Waals surface area contributed by atoms with E-state index in [4.69, 9.17) is 19.9 Å². The summed E-state index contributed by atoms with van der Waals surface area (Å²) in [6.07, 6.45) is 2.44. The smallest absolute Gasteiger partial charge is 0.164 e. The van der Waals surface area contributed by atoms with Crippen LogP contribution < -0.4 is 19.9 Å². The van der Waals surface area contributed by atoms with Gasteiger partial charge in [-0.05, 0) is 18.1 Å². The third-order valence-corrected chi connectivity index (χ3v) is 3.57. The van der Waals surface area contributed by atoms with E-state index in [-0.39, 0.29) is 6.04 Å². The molecule has 2 aromatic carbocycles. The van der Waals surface area contributed by atoms with Gasteiger partial charge in [-0.25, -0.2) is 0 Å². The molecule has 0 aromatic heterocycles. The lowest BCUT2D eigenvalue weighted by Gasteiger charge is -2.19. The molecule has 4 nitrogen and oxygen atoms in total. The van der Waals surface area contributed by atoms with Crippen LogP contribution in [-0.4, -0.2) is 14.2 Å². The molecule has 0 aliphatic rings. The van der Waals surface area contributed by atoms with Gasteiger partial charge in [-0.2, -0.15) is 0 Å². The molecule has 0 fully saturated rings. The van der Waals surface area contributed by atoms with Gasteiger partial charge in [-0.1, -0.05) is 36.4 Å². The highest BCUT2D eigenvalue weighted by atomic mass is 16.5. The van der Waals surface area contributed by atoms with Crippen LogP contribution >= 0.6 is 0 Å². The molecule has 0 radical (unpaired) electrons. The second-order valence-corrected chi connectivity index (χ2v) is 5.15. The first-order valence-electron chi connectivity index (χ1n) is 7.48. The number of nitrogens with two attached hydrogens (primary N) is 1. The van der Waals surface area contributed by atoms with Gasteiger partial charge in [0.05, 0.1) is 14.2 Å². The first kappa shape index (κ1) is 16.9. The van der Waals surface area contributed by atoms with E-state index >= 15 is 0 Å². The summed E-state index contributed by atoms with van der Waals surface area (Å²) in [6.45, 7) is 4.21. The molecule has 0 heterocycles. The fraction of sp³-hybridized carbons (Fsp3) is 0.263. The molecule has 2 N–H and O–H groups in total. The summed E-state index contributed by atoms with van der Waals surface area (Å²) in [4.78, 5) is 0. The van der Waals surface area contributed by atoms with Crippen molar-refractivity contribution in [1.82, 2.24) is 0 Å². The van der Waals surface area contributed by atoms with Gasteiger partial charge in [0.25, 0.3) is 0 Å². The summed E-state index contributed by atoms with van der Waals surface area (Å²) in [6, 6.07) is 13.5. The van der Waals surface area contributed by atoms with Crippen LogP contribution in [0.15, 0.2) is 55.1 Å². The fourth-order valence-corrected chi connectivity index (χ4v) is 2.33. The molecule has 0 spiro atoms. The molecular weight excluding hydrogens is 290 g/mol. The molecule has 4 heteroatoms. The van der Waals surface area contributed by atoms with Crippen LogP contribution in [0.3, 0.4) is 0 Å². The highest BCUT2D eigenvalue weighted by molar-refractivity contribution is 5.52. The van der Waals surface area contributed by atoms with Gasteiger partial charge >= 0.3 is 0 Å². The molecular formula is C19H23NO3. The second-order valence-electron chi connectivity index (χ2n) is 5.15. The highest BCUT2D eigenvalue weighted by Gasteiger charge is 2.17. The second kappa shape index (κ2) is 8.25. The molecule has 0 unspecified atom stereocenters. The van der Waals surface area contributed by atoms with Crippen LogP contribution in [0, 0.1) is 0 Å². The Morgan fingerprint density at radius 1 is 1.04 bits per heavy atom. The van der Waals surface area contributed by atoms with Crippen LogP contribution in [0.25, 0.3) is 0 Å². The van der Waals surface area contributed by atoms with E-state index in [0.717, 1.165) is 11.1 Å². The standard InChI is InChI=1S/C19H23NO3/c1-4-8-16(20)15-11-18(21-2)19(22-3)12-17(15)23-13-14-9-6-5-7-10-14/h4-7,9-12,16H,1,8,13,20H2,2-3H3/t16-/m0/s1. The Morgan fingerprint density at radius 2 is 1.70 bits per heavy atom. The number of rotatable bonds is 8. The Bertz CT molecular complexity index is 641. The number of benzene rings is 2. The molecule has 1 atom stereocenters. The molecule has 0 saturated heterocycles. The van der Waals surface area contributed by atoms with Crippen molar-refractivity contribution in [2.45, 2.75) is 19.1 Å².